The monoisotopic (exact) mass is 270 g/mol. The summed E-state index contributed by atoms with van der Waals surface area (Å²) in [7, 11) is -3.53. The van der Waals surface area contributed by atoms with Crippen molar-refractivity contribution in [2.45, 2.75) is 4.90 Å². The molecule has 0 aliphatic heterocycles. The first-order chi connectivity index (χ1) is 8.21. The van der Waals surface area contributed by atoms with Crippen LogP contribution in [0.1, 0.15) is 5.56 Å². The topological polar surface area (TPSA) is 120 Å². The number of rotatable bonds is 4. The molecule has 0 radical (unpaired) electrons. The summed E-state index contributed by atoms with van der Waals surface area (Å²) in [5, 5.41) is 10.8. The lowest BCUT2D eigenvalue weighted by atomic mass is 10.1. The largest absolute Gasteiger partial charge is 0.366 e. The highest BCUT2D eigenvalue weighted by Gasteiger charge is 2.17. The van der Waals surface area contributed by atoms with Crippen LogP contribution in [0.3, 0.4) is 0 Å². The summed E-state index contributed by atoms with van der Waals surface area (Å²) in [5.74, 6) is -0.753. The lowest BCUT2D eigenvalue weighted by Gasteiger charge is -2.01. The highest BCUT2D eigenvalue weighted by Crippen LogP contribution is 2.24. The fourth-order valence-electron chi connectivity index (χ4n) is 1.23. The summed E-state index contributed by atoms with van der Waals surface area (Å²) in [4.78, 5) is 20.5. The van der Waals surface area contributed by atoms with Gasteiger partial charge in [0.2, 0.25) is 5.91 Å². The van der Waals surface area contributed by atoms with Crippen LogP contribution in [0.2, 0.25) is 0 Å². The van der Waals surface area contributed by atoms with Crippen molar-refractivity contribution in [3.8, 4) is 0 Å². The van der Waals surface area contributed by atoms with E-state index in [-0.39, 0.29) is 10.5 Å². The van der Waals surface area contributed by atoms with Crippen LogP contribution in [-0.2, 0) is 14.6 Å². The minimum atomic E-state index is -3.53. The fraction of sp³-hybridized carbons (Fsp3) is 0.100. The first-order valence-corrected chi connectivity index (χ1v) is 6.57. The second-order valence-electron chi connectivity index (χ2n) is 3.49. The molecule has 1 aromatic carbocycles. The molecule has 0 spiro atoms. The molecule has 18 heavy (non-hydrogen) atoms. The Morgan fingerprint density at radius 1 is 1.44 bits per heavy atom. The molecule has 8 heteroatoms. The average molecular weight is 270 g/mol. The van der Waals surface area contributed by atoms with Crippen LogP contribution in [0.4, 0.5) is 5.69 Å². The molecular weight excluding hydrogens is 260 g/mol. The maximum atomic E-state index is 11.3. The quantitative estimate of drug-likeness (QED) is 0.485. The van der Waals surface area contributed by atoms with Gasteiger partial charge >= 0.3 is 0 Å². The van der Waals surface area contributed by atoms with E-state index < -0.39 is 26.4 Å². The van der Waals surface area contributed by atoms with Gasteiger partial charge in [0.25, 0.3) is 5.69 Å². The molecule has 0 aromatic heterocycles. The summed E-state index contributed by atoms with van der Waals surface area (Å²) in [5.41, 5.74) is 4.57. The molecule has 1 aromatic rings. The number of nitro groups is 1. The molecule has 0 atom stereocenters. The van der Waals surface area contributed by atoms with Crippen molar-refractivity contribution in [1.29, 1.82) is 0 Å². The second-order valence-corrected chi connectivity index (χ2v) is 5.50. The Hall–Kier alpha value is -2.22. The summed E-state index contributed by atoms with van der Waals surface area (Å²) in [6.45, 7) is 0. The van der Waals surface area contributed by atoms with Crippen LogP contribution in [0.5, 0.6) is 0 Å². The van der Waals surface area contributed by atoms with Crippen LogP contribution in [0.15, 0.2) is 29.2 Å². The van der Waals surface area contributed by atoms with E-state index in [1.807, 2.05) is 0 Å². The number of hydrogen-bond acceptors (Lipinski definition) is 5. The molecule has 0 aliphatic rings. The molecule has 0 aliphatic carbocycles. The van der Waals surface area contributed by atoms with Gasteiger partial charge in [0.05, 0.1) is 15.4 Å². The van der Waals surface area contributed by atoms with Crippen molar-refractivity contribution in [2.75, 3.05) is 6.26 Å². The number of nitro benzene ring substituents is 1. The lowest BCUT2D eigenvalue weighted by Crippen LogP contribution is -2.05. The Balaban J connectivity index is 3.39. The van der Waals surface area contributed by atoms with Crippen molar-refractivity contribution in [3.63, 3.8) is 0 Å². The van der Waals surface area contributed by atoms with Crippen LogP contribution in [0, 0.1) is 10.1 Å². The summed E-state index contributed by atoms with van der Waals surface area (Å²) >= 11 is 0. The van der Waals surface area contributed by atoms with E-state index in [2.05, 4.69) is 0 Å². The zero-order valence-corrected chi connectivity index (χ0v) is 10.2. The summed E-state index contributed by atoms with van der Waals surface area (Å²) in [6, 6.07) is 3.41. The Labute approximate surface area is 103 Å². The molecule has 1 amide bonds. The van der Waals surface area contributed by atoms with E-state index in [1.165, 1.54) is 12.1 Å². The number of nitrogens with two attached hydrogens (primary N) is 1. The highest BCUT2D eigenvalue weighted by molar-refractivity contribution is 7.90. The number of sulfone groups is 1. The van der Waals surface area contributed by atoms with Crippen molar-refractivity contribution in [1.82, 2.24) is 0 Å². The van der Waals surface area contributed by atoms with Crippen molar-refractivity contribution in [2.24, 2.45) is 5.73 Å². The zero-order chi connectivity index (χ0) is 13.9. The van der Waals surface area contributed by atoms with E-state index in [0.29, 0.717) is 0 Å². The Kier molecular flexibility index (Phi) is 3.82. The predicted octanol–water partition coefficient (Wildman–Crippen LogP) is 0.497. The first kappa shape index (κ1) is 13.8. The Morgan fingerprint density at radius 3 is 2.50 bits per heavy atom. The van der Waals surface area contributed by atoms with Crippen LogP contribution in [-0.4, -0.2) is 25.5 Å². The minimum absolute atomic E-state index is 0.103. The number of amides is 1. The molecular formula is C10H10N2O5S. The van der Waals surface area contributed by atoms with E-state index in [9.17, 15) is 23.3 Å². The molecule has 1 rings (SSSR count). The van der Waals surface area contributed by atoms with Gasteiger partial charge in [0.15, 0.2) is 9.84 Å². The molecule has 0 saturated heterocycles. The zero-order valence-electron chi connectivity index (χ0n) is 9.36. The van der Waals surface area contributed by atoms with Crippen molar-refractivity contribution >= 4 is 27.5 Å². The molecule has 0 heterocycles. The van der Waals surface area contributed by atoms with Gasteiger partial charge in [-0.1, -0.05) is 0 Å². The molecule has 0 fully saturated rings. The van der Waals surface area contributed by atoms with E-state index in [4.69, 9.17) is 5.73 Å². The molecule has 0 saturated carbocycles. The number of hydrogen-bond donors (Lipinski definition) is 1. The molecule has 2 N–H and O–H groups in total. The third kappa shape index (κ3) is 3.39. The maximum absolute atomic E-state index is 11.3. The van der Waals surface area contributed by atoms with Crippen molar-refractivity contribution < 1.29 is 18.1 Å². The molecule has 0 bridgehead atoms. The van der Waals surface area contributed by atoms with Gasteiger partial charge in [-0.15, -0.1) is 0 Å². The van der Waals surface area contributed by atoms with E-state index in [0.717, 1.165) is 24.5 Å². The average Bonchev–Trinajstić information content (AvgIpc) is 2.24. The van der Waals surface area contributed by atoms with Crippen LogP contribution >= 0.6 is 0 Å². The minimum Gasteiger partial charge on any atom is -0.366 e. The second kappa shape index (κ2) is 4.96. The van der Waals surface area contributed by atoms with Gasteiger partial charge in [-0.3, -0.25) is 14.9 Å². The Bertz CT molecular complexity index is 634. The molecule has 96 valence electrons. The number of primary amides is 1. The van der Waals surface area contributed by atoms with Crippen LogP contribution in [0.25, 0.3) is 6.08 Å². The predicted molar refractivity (Wildman–Crippen MR) is 64.4 cm³/mol. The van der Waals surface area contributed by atoms with E-state index >= 15 is 0 Å². The van der Waals surface area contributed by atoms with Gasteiger partial charge in [-0.25, -0.2) is 8.42 Å². The maximum Gasteiger partial charge on any atom is 0.277 e. The highest BCUT2D eigenvalue weighted by atomic mass is 32.2. The van der Waals surface area contributed by atoms with Gasteiger partial charge in [-0.05, 0) is 18.2 Å². The third-order valence-corrected chi connectivity index (χ3v) is 3.16. The van der Waals surface area contributed by atoms with Crippen LogP contribution < -0.4 is 5.73 Å². The van der Waals surface area contributed by atoms with E-state index in [1.54, 1.807) is 0 Å². The van der Waals surface area contributed by atoms with Gasteiger partial charge < -0.3 is 5.73 Å². The third-order valence-electron chi connectivity index (χ3n) is 2.05. The molecule has 7 nitrogen and oxygen atoms in total. The normalized spacial score (nSPS) is 11.6. The van der Waals surface area contributed by atoms with Gasteiger partial charge in [0.1, 0.15) is 0 Å². The van der Waals surface area contributed by atoms with Crippen molar-refractivity contribution in [3.05, 3.63) is 40.0 Å². The van der Waals surface area contributed by atoms with Gasteiger partial charge in [0, 0.05) is 18.4 Å². The first-order valence-electron chi connectivity index (χ1n) is 4.68. The Morgan fingerprint density at radius 2 is 2.06 bits per heavy atom. The number of nitrogens with zero attached hydrogens (tertiary/aromatic N) is 1. The number of carbonyl (C=O) groups excluding carboxylic acids is 1. The standard InChI is InChI=1S/C10H10N2O5S/c1-18(16,17)8-4-2-7(3-5-10(11)13)9(6-8)12(14)15/h2-6H,1H3,(H2,11,13). The number of benzene rings is 1. The number of carbonyl (C=O) groups is 1. The van der Waals surface area contributed by atoms with Gasteiger partial charge in [-0.2, -0.15) is 0 Å². The SMILES string of the molecule is CS(=O)(=O)c1ccc(C=CC(N)=O)c([N+](=O)[O-])c1. The lowest BCUT2D eigenvalue weighted by molar-refractivity contribution is -0.385. The smallest absolute Gasteiger partial charge is 0.277 e. The molecule has 0 unspecified atom stereocenters. The fourth-order valence-corrected chi connectivity index (χ4v) is 1.87. The summed E-state index contributed by atoms with van der Waals surface area (Å²) < 4.78 is 22.5. The summed E-state index contributed by atoms with van der Waals surface area (Å²) in [6.07, 6.45) is 3.07.